The van der Waals surface area contributed by atoms with Gasteiger partial charge in [-0.15, -0.1) is 0 Å². The van der Waals surface area contributed by atoms with E-state index in [1.807, 2.05) is 24.8 Å². The lowest BCUT2D eigenvalue weighted by atomic mass is 10.1. The number of benzene rings is 1. The number of rotatable bonds is 5. The van der Waals surface area contributed by atoms with Gasteiger partial charge in [-0.2, -0.15) is 0 Å². The van der Waals surface area contributed by atoms with Crippen molar-refractivity contribution in [2.24, 2.45) is 0 Å². The third kappa shape index (κ3) is 4.40. The number of furan rings is 1. The lowest BCUT2D eigenvalue weighted by Gasteiger charge is -2.34. The second-order valence-electron chi connectivity index (χ2n) is 7.44. The smallest absolute Gasteiger partial charge is 0.289 e. The molecule has 1 aliphatic heterocycles. The molecule has 7 heteroatoms. The van der Waals surface area contributed by atoms with Gasteiger partial charge in [-0.05, 0) is 43.7 Å². The van der Waals surface area contributed by atoms with Crippen LogP contribution in [-0.2, 0) is 13.0 Å². The summed E-state index contributed by atoms with van der Waals surface area (Å²) in [4.78, 5) is 16.9. The largest absolute Gasteiger partial charge is 0.456 e. The zero-order valence-electron chi connectivity index (χ0n) is 16.7. The predicted octanol–water partition coefficient (Wildman–Crippen LogP) is 3.57. The molecule has 0 atom stereocenters. The lowest BCUT2D eigenvalue weighted by molar-refractivity contribution is 0.0596. The van der Waals surface area contributed by atoms with Gasteiger partial charge in [-0.3, -0.25) is 9.69 Å². The van der Waals surface area contributed by atoms with E-state index in [2.05, 4.69) is 10.1 Å². The Morgan fingerprint density at radius 1 is 1.07 bits per heavy atom. The van der Waals surface area contributed by atoms with Crippen LogP contribution in [0.15, 0.2) is 45.3 Å². The van der Waals surface area contributed by atoms with Crippen LogP contribution in [0, 0.1) is 19.7 Å². The van der Waals surface area contributed by atoms with E-state index in [-0.39, 0.29) is 11.7 Å². The highest BCUT2D eigenvalue weighted by Crippen LogP contribution is 2.20. The van der Waals surface area contributed by atoms with E-state index in [0.29, 0.717) is 25.3 Å². The maximum atomic E-state index is 13.0. The van der Waals surface area contributed by atoms with Crippen LogP contribution >= 0.6 is 0 Å². The summed E-state index contributed by atoms with van der Waals surface area (Å²) in [5, 5.41) is 3.95. The molecule has 1 fully saturated rings. The Bertz CT molecular complexity index is 966. The fourth-order valence-corrected chi connectivity index (χ4v) is 3.63. The summed E-state index contributed by atoms with van der Waals surface area (Å²) < 4.78 is 24.0. The summed E-state index contributed by atoms with van der Waals surface area (Å²) in [5.74, 6) is 1.54. The van der Waals surface area contributed by atoms with Crippen molar-refractivity contribution < 1.29 is 18.1 Å². The van der Waals surface area contributed by atoms with Gasteiger partial charge in [0.2, 0.25) is 0 Å². The first-order chi connectivity index (χ1) is 14.0. The van der Waals surface area contributed by atoms with E-state index < -0.39 is 0 Å². The molecule has 4 rings (SSSR count). The van der Waals surface area contributed by atoms with Gasteiger partial charge in [-0.25, -0.2) is 4.39 Å². The van der Waals surface area contributed by atoms with Crippen LogP contribution < -0.4 is 0 Å². The Labute approximate surface area is 168 Å². The van der Waals surface area contributed by atoms with Crippen LogP contribution in [0.2, 0.25) is 0 Å². The number of hydrogen-bond acceptors (Lipinski definition) is 5. The Morgan fingerprint density at radius 3 is 2.45 bits per heavy atom. The number of amides is 1. The molecule has 0 bridgehead atoms. The van der Waals surface area contributed by atoms with Gasteiger partial charge in [0, 0.05) is 44.7 Å². The van der Waals surface area contributed by atoms with E-state index >= 15 is 0 Å². The normalized spacial score (nSPS) is 15.1. The number of piperazine rings is 1. The molecular weight excluding hydrogens is 373 g/mol. The van der Waals surface area contributed by atoms with Crippen molar-refractivity contribution in [1.29, 1.82) is 0 Å². The maximum absolute atomic E-state index is 13.0. The summed E-state index contributed by atoms with van der Waals surface area (Å²) in [6.07, 6.45) is 0.555. The summed E-state index contributed by atoms with van der Waals surface area (Å²) in [5.41, 5.74) is 2.90. The fraction of sp³-hybridized carbons (Fsp3) is 0.364. The maximum Gasteiger partial charge on any atom is 0.289 e. The molecule has 0 unspecified atom stereocenters. The molecule has 0 saturated carbocycles. The minimum absolute atomic E-state index is 0.0866. The molecule has 0 N–H and O–H groups in total. The molecular formula is C22H24FN3O3. The highest BCUT2D eigenvalue weighted by Gasteiger charge is 2.24. The van der Waals surface area contributed by atoms with Gasteiger partial charge in [-0.1, -0.05) is 17.3 Å². The van der Waals surface area contributed by atoms with E-state index in [0.717, 1.165) is 48.0 Å². The molecule has 1 aliphatic rings. The van der Waals surface area contributed by atoms with E-state index in [4.69, 9.17) is 8.94 Å². The zero-order valence-corrected chi connectivity index (χ0v) is 16.7. The molecule has 152 valence electrons. The molecule has 1 saturated heterocycles. The monoisotopic (exact) mass is 397 g/mol. The molecule has 0 radical (unpaired) electrons. The minimum Gasteiger partial charge on any atom is -0.456 e. The molecule has 29 heavy (non-hydrogen) atoms. The number of halogens is 1. The molecule has 0 aliphatic carbocycles. The Morgan fingerprint density at radius 2 is 1.79 bits per heavy atom. The van der Waals surface area contributed by atoms with Gasteiger partial charge in [0.05, 0.1) is 5.69 Å². The topological polar surface area (TPSA) is 62.7 Å². The number of nitrogens with zero attached hydrogens (tertiary/aromatic N) is 3. The Hall–Kier alpha value is -2.93. The van der Waals surface area contributed by atoms with Gasteiger partial charge in [0.25, 0.3) is 5.91 Å². The third-order valence-electron chi connectivity index (χ3n) is 5.38. The summed E-state index contributed by atoms with van der Waals surface area (Å²) in [6.45, 7) is 7.35. The second-order valence-corrected chi connectivity index (χ2v) is 7.44. The van der Waals surface area contributed by atoms with Gasteiger partial charge in [0.15, 0.2) is 5.76 Å². The van der Waals surface area contributed by atoms with Crippen molar-refractivity contribution in [3.63, 3.8) is 0 Å². The molecule has 6 nitrogen and oxygen atoms in total. The van der Waals surface area contributed by atoms with Crippen molar-refractivity contribution >= 4 is 5.91 Å². The van der Waals surface area contributed by atoms with Crippen molar-refractivity contribution in [3.05, 3.63) is 76.3 Å². The molecule has 3 heterocycles. The van der Waals surface area contributed by atoms with Crippen LogP contribution in [-0.4, -0.2) is 47.0 Å². The van der Waals surface area contributed by atoms with Crippen LogP contribution in [0.1, 0.15) is 38.9 Å². The summed E-state index contributed by atoms with van der Waals surface area (Å²) >= 11 is 0. The number of carbonyl (C=O) groups excluding carboxylic acids is 1. The summed E-state index contributed by atoms with van der Waals surface area (Å²) in [6, 6.07) is 10.1. The lowest BCUT2D eigenvalue weighted by Crippen LogP contribution is -2.48. The average molecular weight is 397 g/mol. The first kappa shape index (κ1) is 19.4. The van der Waals surface area contributed by atoms with E-state index in [1.165, 1.54) is 12.1 Å². The van der Waals surface area contributed by atoms with Gasteiger partial charge in [0.1, 0.15) is 17.3 Å². The predicted molar refractivity (Wildman–Crippen MR) is 105 cm³/mol. The first-order valence-corrected chi connectivity index (χ1v) is 9.76. The van der Waals surface area contributed by atoms with Crippen LogP contribution in [0.3, 0.4) is 0 Å². The quantitative estimate of drug-likeness (QED) is 0.659. The van der Waals surface area contributed by atoms with E-state index in [9.17, 15) is 9.18 Å². The van der Waals surface area contributed by atoms with Crippen LogP contribution in [0.25, 0.3) is 0 Å². The molecule has 2 aromatic heterocycles. The van der Waals surface area contributed by atoms with Crippen LogP contribution in [0.4, 0.5) is 4.39 Å². The fourth-order valence-electron chi connectivity index (χ4n) is 3.63. The highest BCUT2D eigenvalue weighted by atomic mass is 19.1. The van der Waals surface area contributed by atoms with Crippen molar-refractivity contribution in [3.8, 4) is 0 Å². The SMILES string of the molecule is Cc1noc(C)c1Cc1ccc(C(=O)N2CCN(Cc3ccc(F)cc3)CC2)o1. The molecule has 1 aromatic carbocycles. The number of hydrogen-bond donors (Lipinski definition) is 0. The zero-order chi connectivity index (χ0) is 20.4. The number of aryl methyl sites for hydroxylation is 2. The average Bonchev–Trinajstić information content (AvgIpc) is 3.32. The Kier molecular flexibility index (Phi) is 5.49. The third-order valence-corrected chi connectivity index (χ3v) is 5.38. The standard InChI is InChI=1S/C22H24FN3O3/c1-15-20(16(2)29-24-15)13-19-7-8-21(28-19)22(27)26-11-9-25(10-12-26)14-17-3-5-18(23)6-4-17/h3-8H,9-14H2,1-2H3. The van der Waals surface area contributed by atoms with Crippen LogP contribution in [0.5, 0.6) is 0 Å². The number of carbonyl (C=O) groups is 1. The van der Waals surface area contributed by atoms with Crippen molar-refractivity contribution in [2.45, 2.75) is 26.8 Å². The van der Waals surface area contributed by atoms with Crippen molar-refractivity contribution in [2.75, 3.05) is 26.2 Å². The highest BCUT2D eigenvalue weighted by molar-refractivity contribution is 5.91. The van der Waals surface area contributed by atoms with Gasteiger partial charge >= 0.3 is 0 Å². The van der Waals surface area contributed by atoms with Gasteiger partial charge < -0.3 is 13.8 Å². The summed E-state index contributed by atoms with van der Waals surface area (Å²) in [7, 11) is 0. The minimum atomic E-state index is -0.226. The van der Waals surface area contributed by atoms with E-state index in [1.54, 1.807) is 18.2 Å². The molecule has 1 amide bonds. The molecule has 0 spiro atoms. The molecule has 3 aromatic rings. The Balaban J connectivity index is 1.33. The second kappa shape index (κ2) is 8.21. The first-order valence-electron chi connectivity index (χ1n) is 9.76. The number of aromatic nitrogens is 1. The van der Waals surface area contributed by atoms with Crippen molar-refractivity contribution in [1.82, 2.24) is 15.0 Å².